The summed E-state index contributed by atoms with van der Waals surface area (Å²) in [5, 5.41) is 18.7. The highest BCUT2D eigenvalue weighted by atomic mass is 32.1. The zero-order valence-electron chi connectivity index (χ0n) is 14.6. The van der Waals surface area contributed by atoms with Crippen molar-refractivity contribution in [1.82, 2.24) is 20.2 Å². The summed E-state index contributed by atoms with van der Waals surface area (Å²) in [5.74, 6) is -0.334. The third kappa shape index (κ3) is 3.27. The van der Waals surface area contributed by atoms with E-state index in [0.717, 1.165) is 5.56 Å². The van der Waals surface area contributed by atoms with Crippen LogP contribution in [0.15, 0.2) is 52.9 Å². The van der Waals surface area contributed by atoms with E-state index in [1.807, 2.05) is 30.3 Å². The number of carbonyl (C=O) groups is 1. The number of nitrogens with one attached hydrogen (secondary N) is 2. The summed E-state index contributed by atoms with van der Waals surface area (Å²) in [7, 11) is 0. The summed E-state index contributed by atoms with van der Waals surface area (Å²) >= 11 is 1.31. The van der Waals surface area contributed by atoms with Crippen molar-refractivity contribution >= 4 is 27.5 Å². The molecular formula is C19H20N4O3S. The molecule has 0 unspecified atom stereocenters. The molecule has 27 heavy (non-hydrogen) atoms. The molecule has 1 fully saturated rings. The number of rotatable bonds is 4. The number of piperidine rings is 1. The lowest BCUT2D eigenvalue weighted by Gasteiger charge is -2.43. The van der Waals surface area contributed by atoms with E-state index in [-0.39, 0.29) is 18.0 Å². The standard InChI is InChI=1S/C19H20N4O3S/c24-15-10-20-8-7-19(15,13-4-2-1-3-5-13)22-16(25)11-23-12-21-14-6-9-27-17(14)18(23)26/h1-6,9,12,15,20,24H,7-8,10-11H2,(H,22,25)/t15-,19-/m1/s1. The number of benzene rings is 1. The second kappa shape index (κ2) is 7.22. The maximum atomic E-state index is 12.8. The highest BCUT2D eigenvalue weighted by molar-refractivity contribution is 7.17. The number of fused-ring (bicyclic) bond motifs is 1. The molecule has 1 amide bonds. The van der Waals surface area contributed by atoms with Crippen LogP contribution in [0.5, 0.6) is 0 Å². The van der Waals surface area contributed by atoms with E-state index in [2.05, 4.69) is 15.6 Å². The second-order valence-electron chi connectivity index (χ2n) is 6.67. The maximum Gasteiger partial charge on any atom is 0.271 e. The number of thiophene rings is 1. The average Bonchev–Trinajstić information content (AvgIpc) is 3.16. The van der Waals surface area contributed by atoms with Gasteiger partial charge in [-0.3, -0.25) is 14.2 Å². The van der Waals surface area contributed by atoms with E-state index in [9.17, 15) is 14.7 Å². The minimum absolute atomic E-state index is 0.144. The summed E-state index contributed by atoms with van der Waals surface area (Å²) in [6.07, 6.45) is 1.18. The molecule has 3 N–H and O–H groups in total. The SMILES string of the molecule is O=C(Cn1cnc2ccsc2c1=O)N[C@@]1(c2ccccc2)CCNC[C@H]1O. The predicted molar refractivity (Wildman–Crippen MR) is 104 cm³/mol. The summed E-state index contributed by atoms with van der Waals surface area (Å²) in [4.78, 5) is 29.6. The average molecular weight is 384 g/mol. The largest absolute Gasteiger partial charge is 0.389 e. The molecule has 0 bridgehead atoms. The lowest BCUT2D eigenvalue weighted by atomic mass is 9.79. The van der Waals surface area contributed by atoms with E-state index in [4.69, 9.17) is 0 Å². The maximum absolute atomic E-state index is 12.8. The van der Waals surface area contributed by atoms with Gasteiger partial charge in [0.2, 0.25) is 5.91 Å². The van der Waals surface area contributed by atoms with Crippen LogP contribution in [0.3, 0.4) is 0 Å². The van der Waals surface area contributed by atoms with Crippen molar-refractivity contribution in [3.05, 3.63) is 64.0 Å². The molecule has 0 radical (unpaired) electrons. The first-order valence-electron chi connectivity index (χ1n) is 8.78. The van der Waals surface area contributed by atoms with E-state index in [1.54, 1.807) is 11.4 Å². The van der Waals surface area contributed by atoms with Crippen molar-refractivity contribution in [2.45, 2.75) is 24.6 Å². The Kier molecular flexibility index (Phi) is 4.77. The predicted octanol–water partition coefficient (Wildman–Crippen LogP) is 0.824. The Labute approximate surface area is 159 Å². The fourth-order valence-corrected chi connectivity index (χ4v) is 4.38. The second-order valence-corrected chi connectivity index (χ2v) is 7.58. The van der Waals surface area contributed by atoms with Crippen LogP contribution in [0.4, 0.5) is 0 Å². The van der Waals surface area contributed by atoms with Crippen molar-refractivity contribution in [3.8, 4) is 0 Å². The van der Waals surface area contributed by atoms with Crippen LogP contribution in [0.1, 0.15) is 12.0 Å². The molecule has 0 saturated carbocycles. The molecular weight excluding hydrogens is 364 g/mol. The first-order chi connectivity index (χ1) is 13.1. The normalized spacial score (nSPS) is 22.6. The molecule has 3 aromatic rings. The molecule has 0 spiro atoms. The van der Waals surface area contributed by atoms with Crippen LogP contribution in [-0.2, 0) is 16.9 Å². The van der Waals surface area contributed by atoms with E-state index in [1.165, 1.54) is 22.2 Å². The minimum Gasteiger partial charge on any atom is -0.389 e. The van der Waals surface area contributed by atoms with Crippen molar-refractivity contribution in [3.63, 3.8) is 0 Å². The molecule has 4 rings (SSSR count). The Bertz CT molecular complexity index is 1020. The first-order valence-corrected chi connectivity index (χ1v) is 9.66. The molecule has 3 heterocycles. The van der Waals surface area contributed by atoms with Crippen molar-refractivity contribution in [2.24, 2.45) is 0 Å². The van der Waals surface area contributed by atoms with Gasteiger partial charge in [0, 0.05) is 6.54 Å². The van der Waals surface area contributed by atoms with Gasteiger partial charge in [0.25, 0.3) is 5.56 Å². The van der Waals surface area contributed by atoms with E-state index >= 15 is 0 Å². The summed E-state index contributed by atoms with van der Waals surface area (Å²) in [5.41, 5.74) is 0.376. The van der Waals surface area contributed by atoms with Gasteiger partial charge in [-0.2, -0.15) is 0 Å². The molecule has 7 nitrogen and oxygen atoms in total. The third-order valence-electron chi connectivity index (χ3n) is 5.00. The molecule has 140 valence electrons. The van der Waals surface area contributed by atoms with Gasteiger partial charge in [-0.15, -0.1) is 11.3 Å². The Morgan fingerprint density at radius 1 is 1.37 bits per heavy atom. The molecule has 8 heteroatoms. The van der Waals surface area contributed by atoms with Crippen LogP contribution in [0.2, 0.25) is 0 Å². The third-order valence-corrected chi connectivity index (χ3v) is 5.90. The molecule has 0 aliphatic carbocycles. The van der Waals surface area contributed by atoms with Crippen molar-refractivity contribution < 1.29 is 9.90 Å². The number of hydrogen-bond donors (Lipinski definition) is 3. The smallest absolute Gasteiger partial charge is 0.271 e. The fraction of sp³-hybridized carbons (Fsp3) is 0.316. The minimum atomic E-state index is -0.881. The van der Waals surface area contributed by atoms with Crippen LogP contribution in [-0.4, -0.2) is 39.8 Å². The van der Waals surface area contributed by atoms with Gasteiger partial charge >= 0.3 is 0 Å². The zero-order valence-corrected chi connectivity index (χ0v) is 15.4. The topological polar surface area (TPSA) is 96.2 Å². The van der Waals surface area contributed by atoms with Gasteiger partial charge in [-0.05, 0) is 30.0 Å². The molecule has 1 saturated heterocycles. The van der Waals surface area contributed by atoms with Crippen molar-refractivity contribution in [2.75, 3.05) is 13.1 Å². The highest BCUT2D eigenvalue weighted by Crippen LogP contribution is 2.31. The molecule has 2 aromatic heterocycles. The van der Waals surface area contributed by atoms with Gasteiger partial charge in [0.05, 0.1) is 23.5 Å². The number of β-amino-alcohol motifs (C(OH)–C–C–N with tert-alkyl or cyclic N) is 1. The zero-order chi connectivity index (χ0) is 18.9. The van der Waals surface area contributed by atoms with Crippen LogP contribution in [0.25, 0.3) is 10.2 Å². The van der Waals surface area contributed by atoms with Gasteiger partial charge in [-0.1, -0.05) is 30.3 Å². The number of carbonyl (C=O) groups excluding carboxylic acids is 1. The fourth-order valence-electron chi connectivity index (χ4n) is 3.59. The molecule has 1 aliphatic heterocycles. The Balaban J connectivity index is 1.62. The van der Waals surface area contributed by atoms with Crippen LogP contribution in [0, 0.1) is 0 Å². The van der Waals surface area contributed by atoms with Gasteiger partial charge in [0.15, 0.2) is 0 Å². The highest BCUT2D eigenvalue weighted by Gasteiger charge is 2.42. The Morgan fingerprint density at radius 2 is 2.19 bits per heavy atom. The number of nitrogens with zero attached hydrogens (tertiary/aromatic N) is 2. The lowest BCUT2D eigenvalue weighted by molar-refractivity contribution is -0.126. The number of aliphatic hydroxyl groups is 1. The monoisotopic (exact) mass is 384 g/mol. The molecule has 1 aromatic carbocycles. The lowest BCUT2D eigenvalue weighted by Crippen LogP contribution is -2.61. The molecule has 1 aliphatic rings. The summed E-state index contributed by atoms with van der Waals surface area (Å²) < 4.78 is 1.84. The van der Waals surface area contributed by atoms with Gasteiger partial charge in [0.1, 0.15) is 11.2 Å². The van der Waals surface area contributed by atoms with E-state index < -0.39 is 11.6 Å². The number of aliphatic hydroxyl groups excluding tert-OH is 1. The molecule has 2 atom stereocenters. The first kappa shape index (κ1) is 17.8. The quantitative estimate of drug-likeness (QED) is 0.619. The van der Waals surface area contributed by atoms with Gasteiger partial charge < -0.3 is 15.7 Å². The Hall–Kier alpha value is -2.55. The Morgan fingerprint density at radius 3 is 2.96 bits per heavy atom. The van der Waals surface area contributed by atoms with E-state index in [0.29, 0.717) is 29.7 Å². The number of amides is 1. The number of aromatic nitrogens is 2. The summed E-state index contributed by atoms with van der Waals surface area (Å²) in [6, 6.07) is 11.3. The van der Waals surface area contributed by atoms with Gasteiger partial charge in [-0.25, -0.2) is 4.98 Å². The number of hydrogen-bond acceptors (Lipinski definition) is 6. The van der Waals surface area contributed by atoms with Crippen LogP contribution < -0.4 is 16.2 Å². The summed E-state index contributed by atoms with van der Waals surface area (Å²) in [6.45, 7) is 0.918. The van der Waals surface area contributed by atoms with Crippen LogP contribution >= 0.6 is 11.3 Å². The van der Waals surface area contributed by atoms with Crippen molar-refractivity contribution in [1.29, 1.82) is 0 Å².